The Bertz CT molecular complexity index is 2680. The van der Waals surface area contributed by atoms with Crippen LogP contribution in [0.4, 0.5) is 5.69 Å². The molecule has 0 aromatic heterocycles. The van der Waals surface area contributed by atoms with E-state index in [1.165, 1.54) is 0 Å². The van der Waals surface area contributed by atoms with Gasteiger partial charge in [0.2, 0.25) is 0 Å². The Morgan fingerprint density at radius 1 is 0.380 bits per heavy atom. The van der Waals surface area contributed by atoms with E-state index in [0.29, 0.717) is 161 Å². The Hall–Kier alpha value is -7.37. The Morgan fingerprint density at radius 2 is 0.718 bits per heavy atom. The molecule has 3 amide bonds. The van der Waals surface area contributed by atoms with Gasteiger partial charge in [0.1, 0.15) is 34.5 Å². The molecule has 0 fully saturated rings. The molecule has 0 saturated carbocycles. The normalized spacial score (nSPS) is 11.2. The van der Waals surface area contributed by atoms with Gasteiger partial charge in [0.15, 0.2) is 0 Å². The zero-order valence-electron chi connectivity index (χ0n) is 40.1. The number of anilines is 1. The summed E-state index contributed by atoms with van der Waals surface area (Å²) >= 11 is 0. The number of carbonyl (C=O) groups is 3. The van der Waals surface area contributed by atoms with E-state index in [9.17, 15) is 14.4 Å². The first-order valence-corrected chi connectivity index (χ1v) is 24.3. The summed E-state index contributed by atoms with van der Waals surface area (Å²) in [5.74, 6) is 1.89. The van der Waals surface area contributed by atoms with Crippen molar-refractivity contribution >= 4 is 55.7 Å². The highest BCUT2D eigenvalue weighted by atomic mass is 16.5. The third kappa shape index (κ3) is 14.6. The van der Waals surface area contributed by atoms with Crippen LogP contribution in [-0.2, 0) is 0 Å². The second kappa shape index (κ2) is 26.6. The molecule has 0 atom stereocenters. The molecule has 0 saturated heterocycles. The topological polar surface area (TPSA) is 247 Å². The Morgan fingerprint density at radius 3 is 1.11 bits per heavy atom. The molecule has 0 radical (unpaired) electrons. The van der Waals surface area contributed by atoms with Gasteiger partial charge in [-0.1, -0.05) is 48.5 Å². The number of hydrogen-bond acceptors (Lipinski definition) is 13. The van der Waals surface area contributed by atoms with Gasteiger partial charge in [0, 0.05) is 59.1 Å². The Balaban J connectivity index is 1.01. The van der Waals surface area contributed by atoms with E-state index in [1.54, 1.807) is 54.6 Å². The van der Waals surface area contributed by atoms with Crippen molar-refractivity contribution in [2.45, 2.75) is 38.5 Å². The lowest BCUT2D eigenvalue weighted by Gasteiger charge is -2.16. The van der Waals surface area contributed by atoms with Crippen LogP contribution in [0.5, 0.6) is 34.5 Å². The molecule has 0 aliphatic carbocycles. The number of benzene rings is 7. The lowest BCUT2D eigenvalue weighted by Crippen LogP contribution is -2.26. The number of amides is 3. The highest BCUT2D eigenvalue weighted by Crippen LogP contribution is 2.38. The summed E-state index contributed by atoms with van der Waals surface area (Å²) in [6.45, 7) is 4.62. The zero-order valence-corrected chi connectivity index (χ0v) is 40.1. The summed E-state index contributed by atoms with van der Waals surface area (Å²) in [6.07, 6.45) is 3.58. The highest BCUT2D eigenvalue weighted by molar-refractivity contribution is 6.26. The fraction of sp³-hybridized carbons (Fsp3) is 0.327. The highest BCUT2D eigenvalue weighted by Gasteiger charge is 2.17. The molecule has 0 unspecified atom stereocenters. The molecule has 0 aliphatic rings. The molecule has 71 heavy (non-hydrogen) atoms. The number of rotatable bonds is 30. The zero-order chi connectivity index (χ0) is 49.8. The second-order valence-corrected chi connectivity index (χ2v) is 16.9. The summed E-state index contributed by atoms with van der Waals surface area (Å²) in [4.78, 5) is 40.8. The van der Waals surface area contributed by atoms with Crippen LogP contribution < -0.4 is 67.3 Å². The van der Waals surface area contributed by atoms with Crippen molar-refractivity contribution in [2.75, 3.05) is 84.2 Å². The predicted octanol–water partition coefficient (Wildman–Crippen LogP) is 7.14. The second-order valence-electron chi connectivity index (χ2n) is 16.9. The van der Waals surface area contributed by atoms with Gasteiger partial charge in [-0.25, -0.2) is 0 Å². The molecule has 0 spiro atoms. The van der Waals surface area contributed by atoms with E-state index < -0.39 is 0 Å². The lowest BCUT2D eigenvalue weighted by molar-refractivity contribution is 0.0942. The van der Waals surface area contributed by atoms with E-state index >= 15 is 0 Å². The molecular weight excluding hydrogens is 903 g/mol. The van der Waals surface area contributed by atoms with E-state index in [1.807, 2.05) is 24.3 Å². The van der Waals surface area contributed by atoms with Crippen molar-refractivity contribution in [3.8, 4) is 34.5 Å². The summed E-state index contributed by atoms with van der Waals surface area (Å²) < 4.78 is 35.7. The van der Waals surface area contributed by atoms with Crippen LogP contribution in [0.2, 0.25) is 0 Å². The first-order valence-electron chi connectivity index (χ1n) is 24.3. The van der Waals surface area contributed by atoms with E-state index in [2.05, 4.69) is 46.3 Å². The Labute approximate surface area is 413 Å². The first-order chi connectivity index (χ1) is 34.8. The molecular formula is C55H65N7O9. The lowest BCUT2D eigenvalue weighted by atomic mass is 9.93. The maximum Gasteiger partial charge on any atom is 0.255 e. The molecule has 16 heteroatoms. The van der Waals surface area contributed by atoms with Gasteiger partial charge in [0.25, 0.3) is 17.7 Å². The van der Waals surface area contributed by atoms with Crippen LogP contribution in [0.3, 0.4) is 0 Å². The molecule has 16 nitrogen and oxygen atoms in total. The largest absolute Gasteiger partial charge is 0.493 e. The van der Waals surface area contributed by atoms with Crippen molar-refractivity contribution in [3.63, 3.8) is 0 Å². The van der Waals surface area contributed by atoms with Crippen molar-refractivity contribution in [2.24, 2.45) is 22.9 Å². The van der Waals surface area contributed by atoms with E-state index in [4.69, 9.17) is 51.4 Å². The number of nitrogens with two attached hydrogens (primary N) is 4. The van der Waals surface area contributed by atoms with Crippen molar-refractivity contribution < 1.29 is 42.8 Å². The maximum atomic E-state index is 14.2. The number of ether oxygens (including phenoxy) is 6. The minimum atomic E-state index is -0.351. The number of carbonyl (C=O) groups excluding carboxylic acids is 3. The van der Waals surface area contributed by atoms with Crippen LogP contribution in [0, 0.1) is 0 Å². The fourth-order valence-corrected chi connectivity index (χ4v) is 7.87. The average Bonchev–Trinajstić information content (AvgIpc) is 3.38. The molecule has 0 heterocycles. The molecule has 0 aliphatic heterocycles. The van der Waals surface area contributed by atoms with Gasteiger partial charge in [0.05, 0.1) is 39.6 Å². The molecule has 7 aromatic carbocycles. The van der Waals surface area contributed by atoms with E-state index in [-0.39, 0.29) is 30.9 Å². The van der Waals surface area contributed by atoms with Gasteiger partial charge in [-0.15, -0.1) is 0 Å². The minimum absolute atomic E-state index is 0.223. The van der Waals surface area contributed by atoms with Crippen LogP contribution in [0.1, 0.15) is 69.6 Å². The number of nitrogens with one attached hydrogen (secondary N) is 3. The molecule has 374 valence electrons. The minimum Gasteiger partial charge on any atom is -0.493 e. The predicted molar refractivity (Wildman–Crippen MR) is 279 cm³/mol. The number of hydrogen-bond donors (Lipinski definition) is 7. The van der Waals surface area contributed by atoms with Gasteiger partial charge in [-0.2, -0.15) is 0 Å². The fourth-order valence-electron chi connectivity index (χ4n) is 7.87. The van der Waals surface area contributed by atoms with Crippen molar-refractivity contribution in [1.82, 2.24) is 10.6 Å². The third-order valence-corrected chi connectivity index (χ3v) is 11.4. The summed E-state index contributed by atoms with van der Waals surface area (Å²) in [5, 5.41) is 15.5. The van der Waals surface area contributed by atoms with Crippen LogP contribution in [0.15, 0.2) is 109 Å². The monoisotopic (exact) mass is 967 g/mol. The molecule has 11 N–H and O–H groups in total. The van der Waals surface area contributed by atoms with Gasteiger partial charge in [-0.05, 0) is 134 Å². The van der Waals surface area contributed by atoms with Crippen LogP contribution in [0.25, 0.3) is 32.3 Å². The SMILES string of the molecule is NCCCOc1cc(OCCCN)cc(C(=O)NCCCOc2cc(OCCCNC(=O)c3cc(OCCCN)cc(OCCCN)c3)cc(C(=O)Nc3ccc4ccc5cccc6ccc3c4c56)c2)c1. The third-order valence-electron chi connectivity index (χ3n) is 11.4. The summed E-state index contributed by atoms with van der Waals surface area (Å²) in [6, 6.07) is 33.7. The molecule has 0 bridgehead atoms. The molecule has 7 aromatic rings. The smallest absolute Gasteiger partial charge is 0.255 e. The van der Waals surface area contributed by atoms with Crippen molar-refractivity contribution in [3.05, 3.63) is 126 Å². The van der Waals surface area contributed by atoms with Crippen LogP contribution in [-0.4, -0.2) is 96.6 Å². The van der Waals surface area contributed by atoms with Crippen LogP contribution >= 0.6 is 0 Å². The van der Waals surface area contributed by atoms with Crippen molar-refractivity contribution in [1.29, 1.82) is 0 Å². The van der Waals surface area contributed by atoms with Gasteiger partial charge in [-0.3, -0.25) is 14.4 Å². The first kappa shape index (κ1) is 51.5. The quantitative estimate of drug-likeness (QED) is 0.0175. The van der Waals surface area contributed by atoms with E-state index in [0.717, 1.165) is 32.3 Å². The Kier molecular flexibility index (Phi) is 19.3. The van der Waals surface area contributed by atoms with Gasteiger partial charge >= 0.3 is 0 Å². The summed E-state index contributed by atoms with van der Waals surface area (Å²) in [7, 11) is 0. The molecule has 7 rings (SSSR count). The standard InChI is InChI=1S/C55H65N7O9/c56-16-2-22-66-43-28-40(29-44(34-43)67-23-3-17-57)53(63)60-20-6-26-70-47-32-42(55(65)62-50-15-13-39-11-10-37-8-1-9-38-12-14-49(50)52(39)51(37)38)33-48(36-47)71-27-7-21-61-54(64)41-30-45(68-24-4-18-58)35-46(31-41)69-25-5-19-59/h1,8-15,28-36H,2-7,16-27,56-59H2,(H,60,63)(H,61,64)(H,62,65). The maximum absolute atomic E-state index is 14.2. The van der Waals surface area contributed by atoms with Gasteiger partial charge < -0.3 is 67.3 Å². The average molecular weight is 968 g/mol. The summed E-state index contributed by atoms with van der Waals surface area (Å²) in [5.41, 5.74) is 24.3.